The Kier molecular flexibility index (Phi) is 3.37. The Balaban J connectivity index is 2.92. The predicted octanol–water partition coefficient (Wildman–Crippen LogP) is 0.100. The van der Waals surface area contributed by atoms with Crippen molar-refractivity contribution in [2.75, 3.05) is 7.11 Å². The molecule has 1 atom stereocenters. The van der Waals surface area contributed by atoms with E-state index in [2.05, 4.69) is 15.0 Å². The Bertz CT molecular complexity index is 374. The third kappa shape index (κ3) is 2.30. The van der Waals surface area contributed by atoms with Crippen LogP contribution in [0.25, 0.3) is 0 Å². The maximum absolute atomic E-state index is 11.3. The van der Waals surface area contributed by atoms with E-state index < -0.39 is 18.0 Å². The van der Waals surface area contributed by atoms with Crippen molar-refractivity contribution in [2.45, 2.75) is 19.4 Å². The number of carboxylic acids is 1. The highest BCUT2D eigenvalue weighted by atomic mass is 16.5. The smallest absolute Gasteiger partial charge is 0.358 e. The summed E-state index contributed by atoms with van der Waals surface area (Å²) in [7, 11) is 1.26. The average Bonchev–Trinajstić information content (AvgIpc) is 2.68. The first-order chi connectivity index (χ1) is 7.10. The van der Waals surface area contributed by atoms with Gasteiger partial charge in [-0.3, -0.25) is 0 Å². The Morgan fingerprint density at radius 2 is 2.33 bits per heavy atom. The quantitative estimate of drug-likeness (QED) is 0.713. The van der Waals surface area contributed by atoms with Crippen molar-refractivity contribution in [1.82, 2.24) is 15.0 Å². The molecule has 0 radical (unpaired) electrons. The zero-order valence-electron chi connectivity index (χ0n) is 8.38. The van der Waals surface area contributed by atoms with E-state index in [9.17, 15) is 9.59 Å². The van der Waals surface area contributed by atoms with Gasteiger partial charge in [0.05, 0.1) is 13.3 Å². The van der Waals surface area contributed by atoms with Gasteiger partial charge in [-0.2, -0.15) is 0 Å². The number of carbonyl (C=O) groups is 2. The zero-order chi connectivity index (χ0) is 11.4. The second-order valence-electron chi connectivity index (χ2n) is 2.84. The van der Waals surface area contributed by atoms with Crippen LogP contribution < -0.4 is 0 Å². The van der Waals surface area contributed by atoms with Crippen LogP contribution in [0.5, 0.6) is 0 Å². The lowest BCUT2D eigenvalue weighted by atomic mass is 10.2. The largest absolute Gasteiger partial charge is 0.476 e. The first kappa shape index (κ1) is 11.2. The molecule has 1 rings (SSSR count). The molecule has 7 nitrogen and oxygen atoms in total. The standard InChI is InChI=1S/C8H11N3O4/c1-3-6(8(14)15-2)11-4-5(7(12)13)9-10-11/h4,6H,3H2,1-2H3,(H,12,13). The molecule has 15 heavy (non-hydrogen) atoms. The van der Waals surface area contributed by atoms with Crippen LogP contribution in [0, 0.1) is 0 Å². The van der Waals surface area contributed by atoms with Crippen molar-refractivity contribution in [3.8, 4) is 0 Å². The van der Waals surface area contributed by atoms with E-state index in [0.717, 1.165) is 0 Å². The van der Waals surface area contributed by atoms with Crippen molar-refractivity contribution in [3.63, 3.8) is 0 Å². The second kappa shape index (κ2) is 4.54. The van der Waals surface area contributed by atoms with Crippen LogP contribution in [0.3, 0.4) is 0 Å². The van der Waals surface area contributed by atoms with Crippen molar-refractivity contribution < 1.29 is 19.4 Å². The van der Waals surface area contributed by atoms with Gasteiger partial charge in [0.15, 0.2) is 11.7 Å². The fourth-order valence-electron chi connectivity index (χ4n) is 1.12. The summed E-state index contributed by atoms with van der Waals surface area (Å²) >= 11 is 0. The van der Waals surface area contributed by atoms with Crippen molar-refractivity contribution >= 4 is 11.9 Å². The lowest BCUT2D eigenvalue weighted by molar-refractivity contribution is -0.145. The number of nitrogens with zero attached hydrogens (tertiary/aromatic N) is 3. The summed E-state index contributed by atoms with van der Waals surface area (Å²) in [6.07, 6.45) is 1.66. The molecule has 0 saturated heterocycles. The lowest BCUT2D eigenvalue weighted by Crippen LogP contribution is -2.20. The molecule has 82 valence electrons. The molecule has 0 bridgehead atoms. The van der Waals surface area contributed by atoms with Crippen LogP contribution in [0.2, 0.25) is 0 Å². The van der Waals surface area contributed by atoms with Gasteiger partial charge in [0.25, 0.3) is 0 Å². The minimum atomic E-state index is -1.18. The van der Waals surface area contributed by atoms with Gasteiger partial charge in [-0.1, -0.05) is 12.1 Å². The van der Waals surface area contributed by atoms with Crippen molar-refractivity contribution in [1.29, 1.82) is 0 Å². The van der Waals surface area contributed by atoms with Gasteiger partial charge in [0.1, 0.15) is 0 Å². The van der Waals surface area contributed by atoms with E-state index in [0.29, 0.717) is 6.42 Å². The van der Waals surface area contributed by atoms with Crippen LogP contribution in [0.1, 0.15) is 29.9 Å². The number of methoxy groups -OCH3 is 1. The molecule has 1 unspecified atom stereocenters. The summed E-state index contributed by atoms with van der Waals surface area (Å²) in [5.41, 5.74) is -0.197. The maximum atomic E-state index is 11.3. The SMILES string of the molecule is CCC(C(=O)OC)n1cc(C(=O)O)nn1. The average molecular weight is 213 g/mol. The molecule has 0 fully saturated rings. The first-order valence-corrected chi connectivity index (χ1v) is 4.33. The topological polar surface area (TPSA) is 94.3 Å². The highest BCUT2D eigenvalue weighted by Gasteiger charge is 2.21. The van der Waals surface area contributed by atoms with Gasteiger partial charge in [-0.25, -0.2) is 14.3 Å². The molecule has 0 saturated carbocycles. The number of aromatic carboxylic acids is 1. The second-order valence-corrected chi connectivity index (χ2v) is 2.84. The summed E-state index contributed by atoms with van der Waals surface area (Å²) in [6, 6.07) is -0.629. The molecule has 1 N–H and O–H groups in total. The zero-order valence-corrected chi connectivity index (χ0v) is 8.38. The number of esters is 1. The fraction of sp³-hybridized carbons (Fsp3) is 0.500. The van der Waals surface area contributed by atoms with Gasteiger partial charge >= 0.3 is 11.9 Å². The Hall–Kier alpha value is -1.92. The van der Waals surface area contributed by atoms with E-state index in [1.165, 1.54) is 18.0 Å². The van der Waals surface area contributed by atoms with Gasteiger partial charge in [0.2, 0.25) is 0 Å². The molecule has 1 aromatic rings. The fourth-order valence-corrected chi connectivity index (χ4v) is 1.12. The molecule has 0 aliphatic heterocycles. The van der Waals surface area contributed by atoms with E-state index in [4.69, 9.17) is 5.11 Å². The van der Waals surface area contributed by atoms with Gasteiger partial charge < -0.3 is 9.84 Å². The van der Waals surface area contributed by atoms with Gasteiger partial charge in [-0.15, -0.1) is 5.10 Å². The molecule has 7 heteroatoms. The molecule has 0 spiro atoms. The first-order valence-electron chi connectivity index (χ1n) is 4.33. The number of carboxylic acid groups (broad SMARTS) is 1. The molecular formula is C8H11N3O4. The molecule has 0 aromatic carbocycles. The monoisotopic (exact) mass is 213 g/mol. The number of hydrogen-bond donors (Lipinski definition) is 1. The Morgan fingerprint density at radius 1 is 1.67 bits per heavy atom. The number of rotatable bonds is 4. The minimum Gasteiger partial charge on any atom is -0.476 e. The third-order valence-electron chi connectivity index (χ3n) is 1.91. The van der Waals surface area contributed by atoms with E-state index >= 15 is 0 Å². The number of ether oxygens (including phenoxy) is 1. The van der Waals surface area contributed by atoms with E-state index in [1.54, 1.807) is 6.92 Å². The molecule has 0 aliphatic carbocycles. The minimum absolute atomic E-state index is 0.197. The molecule has 0 aliphatic rings. The number of carbonyl (C=O) groups excluding carboxylic acids is 1. The van der Waals surface area contributed by atoms with Crippen LogP contribution in [-0.4, -0.2) is 39.1 Å². The Labute approximate surface area is 85.6 Å². The van der Waals surface area contributed by atoms with Crippen LogP contribution in [0.15, 0.2) is 6.20 Å². The van der Waals surface area contributed by atoms with E-state index in [1.807, 2.05) is 0 Å². The van der Waals surface area contributed by atoms with Gasteiger partial charge in [0, 0.05) is 0 Å². The summed E-state index contributed by atoms with van der Waals surface area (Å²) in [6.45, 7) is 1.77. The van der Waals surface area contributed by atoms with Crippen molar-refractivity contribution in [2.24, 2.45) is 0 Å². The molecule has 0 amide bonds. The highest BCUT2D eigenvalue weighted by Crippen LogP contribution is 2.11. The maximum Gasteiger partial charge on any atom is 0.358 e. The normalized spacial score (nSPS) is 12.1. The van der Waals surface area contributed by atoms with Crippen LogP contribution in [0.4, 0.5) is 0 Å². The van der Waals surface area contributed by atoms with Crippen LogP contribution >= 0.6 is 0 Å². The third-order valence-corrected chi connectivity index (χ3v) is 1.91. The highest BCUT2D eigenvalue weighted by molar-refractivity contribution is 5.84. The summed E-state index contributed by atoms with van der Waals surface area (Å²) in [5, 5.41) is 15.6. The Morgan fingerprint density at radius 3 is 2.73 bits per heavy atom. The van der Waals surface area contributed by atoms with E-state index in [-0.39, 0.29) is 5.69 Å². The molecule has 1 aromatic heterocycles. The summed E-state index contributed by atoms with van der Waals surface area (Å²) < 4.78 is 5.74. The van der Waals surface area contributed by atoms with Crippen molar-refractivity contribution in [3.05, 3.63) is 11.9 Å². The van der Waals surface area contributed by atoms with Gasteiger partial charge in [-0.05, 0) is 6.42 Å². The lowest BCUT2D eigenvalue weighted by Gasteiger charge is -2.10. The predicted molar refractivity (Wildman–Crippen MR) is 48.3 cm³/mol. The summed E-state index contributed by atoms with van der Waals surface area (Å²) in [4.78, 5) is 21.8. The number of aromatic nitrogens is 3. The molecule has 1 heterocycles. The van der Waals surface area contributed by atoms with Crippen LogP contribution in [-0.2, 0) is 9.53 Å². The number of hydrogen-bond acceptors (Lipinski definition) is 5. The summed E-state index contributed by atoms with van der Waals surface area (Å²) in [5.74, 6) is -1.65. The molecular weight excluding hydrogens is 202 g/mol.